The summed E-state index contributed by atoms with van der Waals surface area (Å²) in [6, 6.07) is 9.68. The molecule has 1 aromatic carbocycles. The largest absolute Gasteiger partial charge is 0.496 e. The second-order valence-corrected chi connectivity index (χ2v) is 5.17. The Balaban J connectivity index is 2.11. The number of methoxy groups -OCH3 is 1. The summed E-state index contributed by atoms with van der Waals surface area (Å²) in [6.07, 6.45) is 0.786. The third-order valence-electron chi connectivity index (χ3n) is 2.58. The van der Waals surface area contributed by atoms with Crippen LogP contribution in [0, 0.1) is 0 Å². The van der Waals surface area contributed by atoms with Crippen molar-refractivity contribution in [2.75, 3.05) is 7.11 Å². The van der Waals surface area contributed by atoms with Crippen LogP contribution in [-0.2, 0) is 6.42 Å². The first-order chi connectivity index (χ1) is 8.20. The number of rotatable bonds is 4. The van der Waals surface area contributed by atoms with Gasteiger partial charge in [-0.05, 0) is 35.6 Å². The lowest BCUT2D eigenvalue weighted by atomic mass is 10.1. The van der Waals surface area contributed by atoms with Crippen LogP contribution in [0.1, 0.15) is 16.5 Å². The molecule has 17 heavy (non-hydrogen) atoms. The summed E-state index contributed by atoms with van der Waals surface area (Å²) in [5.41, 5.74) is 7.36. The molecule has 0 amide bonds. The number of halogens is 1. The Labute approximate surface area is 110 Å². The van der Waals surface area contributed by atoms with Crippen molar-refractivity contribution in [1.82, 2.24) is 0 Å². The van der Waals surface area contributed by atoms with Gasteiger partial charge in [-0.1, -0.05) is 23.7 Å². The Kier molecular flexibility index (Phi) is 4.05. The summed E-state index contributed by atoms with van der Waals surface area (Å²) < 4.78 is 5.27. The maximum Gasteiger partial charge on any atom is 0.134 e. The second-order valence-electron chi connectivity index (χ2n) is 3.79. The summed E-state index contributed by atoms with van der Waals surface area (Å²) in [4.78, 5) is 1.09. The molecule has 0 aliphatic heterocycles. The summed E-state index contributed by atoms with van der Waals surface area (Å²) >= 11 is 7.47. The van der Waals surface area contributed by atoms with E-state index in [9.17, 15) is 0 Å². The molecule has 2 rings (SSSR count). The zero-order valence-electron chi connectivity index (χ0n) is 9.52. The SMILES string of the molecule is COc1ccsc1C(N)Cc1ccc(Cl)cc1. The highest BCUT2D eigenvalue weighted by Gasteiger charge is 2.13. The van der Waals surface area contributed by atoms with Crippen molar-refractivity contribution in [3.8, 4) is 5.75 Å². The Morgan fingerprint density at radius 1 is 1.29 bits per heavy atom. The highest BCUT2D eigenvalue weighted by molar-refractivity contribution is 7.10. The molecule has 0 saturated carbocycles. The van der Waals surface area contributed by atoms with Gasteiger partial charge < -0.3 is 10.5 Å². The molecule has 1 unspecified atom stereocenters. The van der Waals surface area contributed by atoms with Crippen LogP contribution in [0.4, 0.5) is 0 Å². The molecule has 0 aliphatic rings. The average molecular weight is 268 g/mol. The number of thiophene rings is 1. The van der Waals surface area contributed by atoms with Gasteiger partial charge in [0, 0.05) is 11.1 Å². The van der Waals surface area contributed by atoms with Crippen LogP contribution >= 0.6 is 22.9 Å². The lowest BCUT2D eigenvalue weighted by Crippen LogP contribution is -2.12. The van der Waals surface area contributed by atoms with Crippen LogP contribution in [0.3, 0.4) is 0 Å². The lowest BCUT2D eigenvalue weighted by molar-refractivity contribution is 0.409. The monoisotopic (exact) mass is 267 g/mol. The molecule has 0 bridgehead atoms. The van der Waals surface area contributed by atoms with E-state index < -0.39 is 0 Å². The Bertz CT molecular complexity index is 480. The van der Waals surface area contributed by atoms with Gasteiger partial charge in [0.05, 0.1) is 12.0 Å². The first-order valence-electron chi connectivity index (χ1n) is 5.32. The molecule has 0 aliphatic carbocycles. The van der Waals surface area contributed by atoms with Crippen molar-refractivity contribution in [1.29, 1.82) is 0 Å². The van der Waals surface area contributed by atoms with Crippen LogP contribution in [0.15, 0.2) is 35.7 Å². The van der Waals surface area contributed by atoms with Crippen molar-refractivity contribution in [2.24, 2.45) is 5.73 Å². The summed E-state index contributed by atoms with van der Waals surface area (Å²) in [7, 11) is 1.67. The fourth-order valence-electron chi connectivity index (χ4n) is 1.72. The predicted molar refractivity (Wildman–Crippen MR) is 73.0 cm³/mol. The smallest absolute Gasteiger partial charge is 0.134 e. The molecule has 1 aromatic heterocycles. The highest BCUT2D eigenvalue weighted by atomic mass is 35.5. The van der Waals surface area contributed by atoms with Crippen molar-refractivity contribution >= 4 is 22.9 Å². The van der Waals surface area contributed by atoms with Gasteiger partial charge in [0.1, 0.15) is 5.75 Å². The van der Waals surface area contributed by atoms with Crippen molar-refractivity contribution in [3.63, 3.8) is 0 Å². The first-order valence-corrected chi connectivity index (χ1v) is 6.58. The molecule has 2 N–H and O–H groups in total. The highest BCUT2D eigenvalue weighted by Crippen LogP contribution is 2.31. The first kappa shape index (κ1) is 12.4. The van der Waals surface area contributed by atoms with Gasteiger partial charge in [-0.3, -0.25) is 0 Å². The van der Waals surface area contributed by atoms with Gasteiger partial charge in [-0.15, -0.1) is 11.3 Å². The fourth-order valence-corrected chi connectivity index (χ4v) is 2.71. The standard InChI is InChI=1S/C13H14ClNOS/c1-16-12-6-7-17-13(12)11(15)8-9-2-4-10(14)5-3-9/h2-7,11H,8,15H2,1H3. The zero-order valence-corrected chi connectivity index (χ0v) is 11.1. The van der Waals surface area contributed by atoms with E-state index in [1.807, 2.05) is 35.7 Å². The Hall–Kier alpha value is -1.03. The molecule has 4 heteroatoms. The molecule has 1 heterocycles. The van der Waals surface area contributed by atoms with E-state index in [4.69, 9.17) is 22.1 Å². The number of hydrogen-bond donors (Lipinski definition) is 1. The predicted octanol–water partition coefficient (Wildman–Crippen LogP) is 3.65. The summed E-state index contributed by atoms with van der Waals surface area (Å²) in [5, 5.41) is 2.74. The van der Waals surface area contributed by atoms with E-state index in [0.717, 1.165) is 22.1 Å². The van der Waals surface area contributed by atoms with Crippen LogP contribution in [0.25, 0.3) is 0 Å². The van der Waals surface area contributed by atoms with Crippen molar-refractivity contribution < 1.29 is 4.74 Å². The molecule has 0 spiro atoms. The van der Waals surface area contributed by atoms with Crippen LogP contribution < -0.4 is 10.5 Å². The van der Waals surface area contributed by atoms with E-state index in [1.165, 1.54) is 5.56 Å². The van der Waals surface area contributed by atoms with E-state index in [2.05, 4.69) is 0 Å². The van der Waals surface area contributed by atoms with Crippen molar-refractivity contribution in [2.45, 2.75) is 12.5 Å². The van der Waals surface area contributed by atoms with Gasteiger partial charge in [0.25, 0.3) is 0 Å². The maximum absolute atomic E-state index is 6.18. The minimum atomic E-state index is -0.0360. The average Bonchev–Trinajstić information content (AvgIpc) is 2.80. The Morgan fingerprint density at radius 2 is 2.00 bits per heavy atom. The number of hydrogen-bond acceptors (Lipinski definition) is 3. The lowest BCUT2D eigenvalue weighted by Gasteiger charge is -2.12. The minimum absolute atomic E-state index is 0.0360. The third kappa shape index (κ3) is 3.00. The maximum atomic E-state index is 6.18. The van der Waals surface area contributed by atoms with Gasteiger partial charge in [0.15, 0.2) is 0 Å². The number of benzene rings is 1. The quantitative estimate of drug-likeness (QED) is 0.918. The van der Waals surface area contributed by atoms with Gasteiger partial charge in [-0.25, -0.2) is 0 Å². The summed E-state index contributed by atoms with van der Waals surface area (Å²) in [5.74, 6) is 0.872. The van der Waals surface area contributed by atoms with Gasteiger partial charge in [0.2, 0.25) is 0 Å². The molecule has 2 aromatic rings. The molecule has 1 atom stereocenters. The van der Waals surface area contributed by atoms with Crippen LogP contribution in [0.2, 0.25) is 5.02 Å². The number of ether oxygens (including phenoxy) is 1. The zero-order chi connectivity index (χ0) is 12.3. The molecule has 2 nitrogen and oxygen atoms in total. The second kappa shape index (κ2) is 5.54. The van der Waals surface area contributed by atoms with Crippen LogP contribution in [0.5, 0.6) is 5.75 Å². The normalized spacial score (nSPS) is 12.4. The topological polar surface area (TPSA) is 35.2 Å². The minimum Gasteiger partial charge on any atom is -0.496 e. The Morgan fingerprint density at radius 3 is 2.65 bits per heavy atom. The third-order valence-corrected chi connectivity index (χ3v) is 3.86. The van der Waals surface area contributed by atoms with Gasteiger partial charge in [-0.2, -0.15) is 0 Å². The van der Waals surface area contributed by atoms with Crippen LogP contribution in [-0.4, -0.2) is 7.11 Å². The molecule has 0 fully saturated rings. The fraction of sp³-hybridized carbons (Fsp3) is 0.231. The molecular formula is C13H14ClNOS. The van der Waals surface area contributed by atoms with E-state index >= 15 is 0 Å². The van der Waals surface area contributed by atoms with Crippen molar-refractivity contribution in [3.05, 3.63) is 51.2 Å². The molecular weight excluding hydrogens is 254 g/mol. The number of nitrogens with two attached hydrogens (primary N) is 1. The van der Waals surface area contributed by atoms with E-state index in [0.29, 0.717) is 0 Å². The molecule has 0 saturated heterocycles. The molecule has 90 valence electrons. The molecule has 0 radical (unpaired) electrons. The van der Waals surface area contributed by atoms with E-state index in [-0.39, 0.29) is 6.04 Å². The summed E-state index contributed by atoms with van der Waals surface area (Å²) in [6.45, 7) is 0. The van der Waals surface area contributed by atoms with E-state index in [1.54, 1.807) is 18.4 Å². The van der Waals surface area contributed by atoms with Gasteiger partial charge >= 0.3 is 0 Å².